The van der Waals surface area contributed by atoms with Gasteiger partial charge in [0.05, 0.1) is 6.26 Å². The van der Waals surface area contributed by atoms with Gasteiger partial charge in [-0.2, -0.15) is 13.6 Å². The van der Waals surface area contributed by atoms with Gasteiger partial charge < -0.3 is 8.92 Å². The predicted octanol–water partition coefficient (Wildman–Crippen LogP) is 0.148. The van der Waals surface area contributed by atoms with Crippen LogP contribution in [0.25, 0.3) is 0 Å². The van der Waals surface area contributed by atoms with Gasteiger partial charge in [0.1, 0.15) is 0 Å². The minimum absolute atomic E-state index is 0.178. The highest BCUT2D eigenvalue weighted by molar-refractivity contribution is 7.84. The van der Waals surface area contributed by atoms with E-state index in [4.69, 9.17) is 4.74 Å². The Bertz CT molecular complexity index is 339. The molecule has 12 heavy (non-hydrogen) atoms. The molecule has 0 saturated carbocycles. The van der Waals surface area contributed by atoms with Crippen molar-refractivity contribution in [3.8, 4) is 0 Å². The second-order valence-electron chi connectivity index (χ2n) is 1.89. The van der Waals surface area contributed by atoms with Crippen LogP contribution in [-0.4, -0.2) is 8.42 Å². The van der Waals surface area contributed by atoms with Crippen LogP contribution in [-0.2, 0) is 19.2 Å². The molecule has 0 aromatic carbocycles. The van der Waals surface area contributed by atoms with Gasteiger partial charge in [-0.1, -0.05) is 12.2 Å². The van der Waals surface area contributed by atoms with Crippen LogP contribution >= 0.6 is 0 Å². The average molecular weight is 189 g/mol. The number of ether oxygens (including phenoxy) is 1. The maximum absolute atomic E-state index is 10.4. The summed E-state index contributed by atoms with van der Waals surface area (Å²) in [4.78, 5) is 0. The van der Waals surface area contributed by atoms with E-state index in [0.29, 0.717) is 0 Å². The van der Waals surface area contributed by atoms with E-state index in [-0.39, 0.29) is 5.95 Å². The highest BCUT2D eigenvalue weighted by Gasteiger charge is 2.07. The Balaban J connectivity index is 2.71. The molecule has 0 amide bonds. The van der Waals surface area contributed by atoms with E-state index >= 15 is 0 Å². The van der Waals surface area contributed by atoms with Crippen molar-refractivity contribution in [2.75, 3.05) is 0 Å². The average Bonchev–Trinajstić information content (AvgIpc) is 2.12. The van der Waals surface area contributed by atoms with Gasteiger partial charge in [0.15, 0.2) is 0 Å². The first kappa shape index (κ1) is 8.82. The Morgan fingerprint density at radius 2 is 2.08 bits per heavy atom. The van der Waals surface area contributed by atoms with Crippen LogP contribution in [0.4, 0.5) is 0 Å². The summed E-state index contributed by atoms with van der Waals surface area (Å²) >= 11 is 0. The summed E-state index contributed by atoms with van der Waals surface area (Å²) in [7, 11) is -4.00. The SMILES string of the molecule is NS(=O)(=O)OC1=CC=CC=CO1. The van der Waals surface area contributed by atoms with Crippen molar-refractivity contribution < 1.29 is 17.3 Å². The fraction of sp³-hybridized carbons (Fsp3) is 0. The largest absolute Gasteiger partial charge is 0.433 e. The zero-order chi connectivity index (χ0) is 9.03. The number of rotatable bonds is 2. The van der Waals surface area contributed by atoms with E-state index in [1.165, 1.54) is 12.3 Å². The molecule has 6 heteroatoms. The van der Waals surface area contributed by atoms with Crippen molar-refractivity contribution in [1.29, 1.82) is 0 Å². The minimum atomic E-state index is -4.00. The molecule has 0 aromatic rings. The van der Waals surface area contributed by atoms with E-state index in [2.05, 4.69) is 9.32 Å². The number of hydrogen-bond donors (Lipinski definition) is 1. The molecule has 0 bridgehead atoms. The molecule has 0 aliphatic carbocycles. The maximum Gasteiger partial charge on any atom is 0.382 e. The summed E-state index contributed by atoms with van der Waals surface area (Å²) in [5, 5.41) is 4.60. The third-order valence-electron chi connectivity index (χ3n) is 0.916. The third-order valence-corrected chi connectivity index (χ3v) is 1.31. The molecule has 0 fully saturated rings. The van der Waals surface area contributed by atoms with Crippen LogP contribution in [0.5, 0.6) is 0 Å². The highest BCUT2D eigenvalue weighted by atomic mass is 32.2. The van der Waals surface area contributed by atoms with Crippen molar-refractivity contribution in [2.45, 2.75) is 0 Å². The van der Waals surface area contributed by atoms with Crippen LogP contribution in [0.15, 0.2) is 36.5 Å². The van der Waals surface area contributed by atoms with E-state index in [0.717, 1.165) is 0 Å². The molecule has 0 spiro atoms. The Labute approximate surface area is 70.0 Å². The van der Waals surface area contributed by atoms with Crippen molar-refractivity contribution >= 4 is 10.3 Å². The lowest BCUT2D eigenvalue weighted by atomic mass is 10.5. The van der Waals surface area contributed by atoms with Crippen LogP contribution in [0.2, 0.25) is 0 Å². The summed E-state index contributed by atoms with van der Waals surface area (Å²) in [5.41, 5.74) is 0. The summed E-state index contributed by atoms with van der Waals surface area (Å²) in [6, 6.07) is 0. The number of hydrogen-bond acceptors (Lipinski definition) is 4. The molecule has 0 unspecified atom stereocenters. The fourth-order valence-corrected chi connectivity index (χ4v) is 0.875. The first-order valence-electron chi connectivity index (χ1n) is 3.00. The van der Waals surface area contributed by atoms with Gasteiger partial charge in [-0.15, -0.1) is 0 Å². The maximum atomic E-state index is 10.4. The van der Waals surface area contributed by atoms with Crippen molar-refractivity contribution in [3.05, 3.63) is 36.5 Å². The molecule has 1 heterocycles. The minimum Gasteiger partial charge on any atom is -0.433 e. The zero-order valence-electron chi connectivity index (χ0n) is 6.01. The van der Waals surface area contributed by atoms with Crippen molar-refractivity contribution in [3.63, 3.8) is 0 Å². The van der Waals surface area contributed by atoms with Gasteiger partial charge in [0.2, 0.25) is 0 Å². The summed E-state index contributed by atoms with van der Waals surface area (Å²) < 4.78 is 29.8. The lowest BCUT2D eigenvalue weighted by molar-refractivity contribution is 0.190. The first-order valence-corrected chi connectivity index (χ1v) is 4.47. The molecule has 0 saturated heterocycles. The third kappa shape index (κ3) is 3.22. The van der Waals surface area contributed by atoms with Gasteiger partial charge in [-0.05, 0) is 6.08 Å². The summed E-state index contributed by atoms with van der Waals surface area (Å²) in [6.07, 6.45) is 7.41. The zero-order valence-corrected chi connectivity index (χ0v) is 6.82. The van der Waals surface area contributed by atoms with Crippen LogP contribution < -0.4 is 5.14 Å². The van der Waals surface area contributed by atoms with E-state index < -0.39 is 10.3 Å². The molecule has 0 atom stereocenters. The monoisotopic (exact) mass is 189 g/mol. The van der Waals surface area contributed by atoms with E-state index in [9.17, 15) is 8.42 Å². The molecule has 1 aliphatic rings. The standard InChI is InChI=1S/C6H7NO4S/c7-12(8,9)11-6-4-2-1-3-5-10-6/h1-5H,(H2,7,8,9). The Morgan fingerprint density at radius 1 is 1.33 bits per heavy atom. The van der Waals surface area contributed by atoms with E-state index in [1.54, 1.807) is 18.2 Å². The summed E-state index contributed by atoms with van der Waals surface area (Å²) in [6.45, 7) is 0. The molecule has 5 nitrogen and oxygen atoms in total. The number of allylic oxidation sites excluding steroid dienone is 4. The van der Waals surface area contributed by atoms with E-state index in [1.807, 2.05) is 0 Å². The van der Waals surface area contributed by atoms with Gasteiger partial charge in [-0.25, -0.2) is 0 Å². The Kier molecular flexibility index (Phi) is 2.51. The molecule has 66 valence electrons. The van der Waals surface area contributed by atoms with Gasteiger partial charge in [0, 0.05) is 6.08 Å². The topological polar surface area (TPSA) is 78.6 Å². The first-order chi connectivity index (χ1) is 5.58. The van der Waals surface area contributed by atoms with Gasteiger partial charge in [-0.3, -0.25) is 0 Å². The highest BCUT2D eigenvalue weighted by Crippen LogP contribution is 2.06. The second kappa shape index (κ2) is 3.42. The number of nitrogens with two attached hydrogens (primary N) is 1. The molecule has 1 aliphatic heterocycles. The smallest absolute Gasteiger partial charge is 0.382 e. The quantitative estimate of drug-likeness (QED) is 0.670. The van der Waals surface area contributed by atoms with Crippen LogP contribution in [0.3, 0.4) is 0 Å². The van der Waals surface area contributed by atoms with Crippen molar-refractivity contribution in [2.24, 2.45) is 5.14 Å². The Morgan fingerprint density at radius 3 is 2.75 bits per heavy atom. The predicted molar refractivity (Wildman–Crippen MR) is 41.6 cm³/mol. The molecule has 0 aromatic heterocycles. The lowest BCUT2D eigenvalue weighted by Crippen LogP contribution is -2.15. The fourth-order valence-electron chi connectivity index (χ4n) is 0.551. The summed E-state index contributed by atoms with van der Waals surface area (Å²) in [5.74, 6) is -0.178. The Hall–Kier alpha value is -1.27. The normalized spacial score (nSPS) is 16.2. The second-order valence-corrected chi connectivity index (χ2v) is 3.05. The molecule has 1 rings (SSSR count). The molecule has 2 N–H and O–H groups in total. The van der Waals surface area contributed by atoms with Gasteiger partial charge >= 0.3 is 16.2 Å². The van der Waals surface area contributed by atoms with Gasteiger partial charge in [0.25, 0.3) is 0 Å². The van der Waals surface area contributed by atoms with Crippen LogP contribution in [0.1, 0.15) is 0 Å². The molecular formula is C6H7NO4S. The van der Waals surface area contributed by atoms with Crippen LogP contribution in [0, 0.1) is 0 Å². The molecular weight excluding hydrogens is 182 g/mol. The lowest BCUT2D eigenvalue weighted by Gasteiger charge is -2.03. The van der Waals surface area contributed by atoms with Crippen molar-refractivity contribution in [1.82, 2.24) is 0 Å². The molecule has 0 radical (unpaired) electrons.